The second kappa shape index (κ2) is 6.99. The van der Waals surface area contributed by atoms with Crippen LogP contribution in [0.15, 0.2) is 34.9 Å². The van der Waals surface area contributed by atoms with Gasteiger partial charge in [0, 0.05) is 4.47 Å². The Bertz CT molecular complexity index is 831. The molecule has 8 nitrogen and oxygen atoms in total. The van der Waals surface area contributed by atoms with Gasteiger partial charge < -0.3 is 5.32 Å². The van der Waals surface area contributed by atoms with Crippen molar-refractivity contribution in [2.24, 2.45) is 0 Å². The SMILES string of the molecule is CC(C)(C(=O)NCc1cn(Cc2ccc(Br)cc2)nn1)S(=O)(=O)O. The van der Waals surface area contributed by atoms with Gasteiger partial charge in [0.15, 0.2) is 4.75 Å². The first-order valence-corrected chi connectivity index (χ1v) is 9.21. The lowest BCUT2D eigenvalue weighted by atomic mass is 10.2. The zero-order valence-corrected chi connectivity index (χ0v) is 15.5. The minimum atomic E-state index is -4.50. The number of hydrogen-bond donors (Lipinski definition) is 2. The first kappa shape index (κ1) is 18.6. The predicted molar refractivity (Wildman–Crippen MR) is 90.7 cm³/mol. The molecule has 0 unspecified atom stereocenters. The molecule has 1 amide bonds. The number of carbonyl (C=O) groups is 1. The number of nitrogens with one attached hydrogen (secondary N) is 1. The second-order valence-corrected chi connectivity index (χ2v) is 8.59. The van der Waals surface area contributed by atoms with E-state index >= 15 is 0 Å². The largest absolute Gasteiger partial charge is 0.349 e. The molecule has 0 bridgehead atoms. The molecule has 0 aliphatic carbocycles. The van der Waals surface area contributed by atoms with Crippen LogP contribution in [0.25, 0.3) is 0 Å². The van der Waals surface area contributed by atoms with Gasteiger partial charge in [0.05, 0.1) is 19.3 Å². The van der Waals surface area contributed by atoms with Crippen molar-refractivity contribution >= 4 is 32.0 Å². The highest BCUT2D eigenvalue weighted by molar-refractivity contribution is 9.10. The zero-order valence-electron chi connectivity index (χ0n) is 13.1. The van der Waals surface area contributed by atoms with Crippen molar-refractivity contribution in [3.8, 4) is 0 Å². The van der Waals surface area contributed by atoms with Gasteiger partial charge in [-0.25, -0.2) is 4.68 Å². The van der Waals surface area contributed by atoms with Crippen LogP contribution in [0, 0.1) is 0 Å². The van der Waals surface area contributed by atoms with Crippen LogP contribution in [-0.4, -0.2) is 38.6 Å². The molecule has 24 heavy (non-hydrogen) atoms. The van der Waals surface area contributed by atoms with Gasteiger partial charge in [-0.3, -0.25) is 9.35 Å². The Hall–Kier alpha value is -1.78. The van der Waals surface area contributed by atoms with E-state index in [0.717, 1.165) is 23.9 Å². The quantitative estimate of drug-likeness (QED) is 0.687. The van der Waals surface area contributed by atoms with Crippen LogP contribution in [0.5, 0.6) is 0 Å². The van der Waals surface area contributed by atoms with E-state index in [2.05, 4.69) is 31.6 Å². The highest BCUT2D eigenvalue weighted by Gasteiger charge is 2.40. The standard InChI is InChI=1S/C14H17BrN4O4S/c1-14(2,24(21,22)23)13(20)16-7-12-9-19(18-17-12)8-10-3-5-11(15)6-4-10/h3-6,9H,7-8H2,1-2H3,(H,16,20)(H,21,22,23). The Kier molecular flexibility index (Phi) is 5.41. The fraction of sp³-hybridized carbons (Fsp3) is 0.357. The van der Waals surface area contributed by atoms with Crippen molar-refractivity contribution in [3.63, 3.8) is 0 Å². The normalized spacial score (nSPS) is 12.2. The first-order chi connectivity index (χ1) is 11.1. The average Bonchev–Trinajstić information content (AvgIpc) is 2.93. The van der Waals surface area contributed by atoms with Gasteiger partial charge in [-0.2, -0.15) is 8.42 Å². The Morgan fingerprint density at radius 3 is 2.54 bits per heavy atom. The van der Waals surface area contributed by atoms with Crippen LogP contribution < -0.4 is 5.32 Å². The maximum Gasteiger partial charge on any atom is 0.279 e. The number of benzene rings is 1. The van der Waals surface area contributed by atoms with E-state index in [0.29, 0.717) is 12.2 Å². The van der Waals surface area contributed by atoms with Gasteiger partial charge in [-0.05, 0) is 31.5 Å². The molecule has 2 rings (SSSR count). The summed E-state index contributed by atoms with van der Waals surface area (Å²) in [6.45, 7) is 2.78. The van der Waals surface area contributed by atoms with Crippen LogP contribution in [0.3, 0.4) is 0 Å². The van der Waals surface area contributed by atoms with E-state index in [1.165, 1.54) is 0 Å². The van der Waals surface area contributed by atoms with Crippen molar-refractivity contribution in [3.05, 3.63) is 46.2 Å². The van der Waals surface area contributed by atoms with Gasteiger partial charge in [0.25, 0.3) is 10.1 Å². The number of carbonyl (C=O) groups excluding carboxylic acids is 1. The highest BCUT2D eigenvalue weighted by Crippen LogP contribution is 2.15. The smallest absolute Gasteiger partial charge is 0.279 e. The molecule has 1 heterocycles. The number of hydrogen-bond acceptors (Lipinski definition) is 5. The number of rotatable bonds is 6. The summed E-state index contributed by atoms with van der Waals surface area (Å²) in [6.07, 6.45) is 1.66. The topological polar surface area (TPSA) is 114 Å². The van der Waals surface area contributed by atoms with Crippen LogP contribution in [0.1, 0.15) is 25.1 Å². The Labute approximate surface area is 148 Å². The third-order valence-electron chi connectivity index (χ3n) is 3.47. The number of aromatic nitrogens is 3. The Morgan fingerprint density at radius 1 is 1.33 bits per heavy atom. The molecule has 1 aromatic carbocycles. The highest BCUT2D eigenvalue weighted by atomic mass is 79.9. The van der Waals surface area contributed by atoms with E-state index in [-0.39, 0.29) is 6.54 Å². The second-order valence-electron chi connectivity index (χ2n) is 5.70. The molecule has 0 saturated heterocycles. The fourth-order valence-corrected chi connectivity index (χ4v) is 2.35. The monoisotopic (exact) mass is 416 g/mol. The molecule has 0 radical (unpaired) electrons. The van der Waals surface area contributed by atoms with Crippen molar-refractivity contribution in [2.45, 2.75) is 31.7 Å². The molecule has 2 N–H and O–H groups in total. The maximum atomic E-state index is 11.9. The van der Waals surface area contributed by atoms with Gasteiger partial charge in [0.2, 0.25) is 5.91 Å². The van der Waals surface area contributed by atoms with Gasteiger partial charge in [0.1, 0.15) is 5.69 Å². The van der Waals surface area contributed by atoms with E-state index in [4.69, 9.17) is 4.55 Å². The zero-order chi connectivity index (χ0) is 18.0. The molecule has 0 atom stereocenters. The van der Waals surface area contributed by atoms with E-state index in [1.807, 2.05) is 24.3 Å². The Morgan fingerprint density at radius 2 is 1.96 bits per heavy atom. The molecular weight excluding hydrogens is 400 g/mol. The summed E-state index contributed by atoms with van der Waals surface area (Å²) in [4.78, 5) is 11.9. The minimum Gasteiger partial charge on any atom is -0.349 e. The maximum absolute atomic E-state index is 11.9. The summed E-state index contributed by atoms with van der Waals surface area (Å²) in [5, 5.41) is 10.3. The summed E-state index contributed by atoms with van der Waals surface area (Å²) in [5.41, 5.74) is 1.51. The molecular formula is C14H17BrN4O4S. The molecule has 0 aliphatic rings. The van der Waals surface area contributed by atoms with Crippen LogP contribution in [0.4, 0.5) is 0 Å². The molecule has 0 saturated carbocycles. The summed E-state index contributed by atoms with van der Waals surface area (Å²) in [6, 6.07) is 7.74. The molecule has 0 aliphatic heterocycles. The number of halogens is 1. The molecule has 1 aromatic heterocycles. The lowest BCUT2D eigenvalue weighted by Crippen LogP contribution is -2.47. The molecule has 0 spiro atoms. The summed E-state index contributed by atoms with van der Waals surface area (Å²) in [7, 11) is -4.50. The van der Waals surface area contributed by atoms with Gasteiger partial charge in [-0.1, -0.05) is 33.3 Å². The van der Waals surface area contributed by atoms with Gasteiger partial charge >= 0.3 is 0 Å². The third-order valence-corrected chi connectivity index (χ3v) is 5.47. The summed E-state index contributed by atoms with van der Waals surface area (Å²) >= 11 is 3.36. The van der Waals surface area contributed by atoms with Gasteiger partial charge in [-0.15, -0.1) is 5.10 Å². The van der Waals surface area contributed by atoms with Crippen LogP contribution in [-0.2, 0) is 28.0 Å². The predicted octanol–water partition coefficient (Wildman–Crippen LogP) is 1.37. The van der Waals surface area contributed by atoms with Crippen molar-refractivity contribution in [2.75, 3.05) is 0 Å². The first-order valence-electron chi connectivity index (χ1n) is 6.98. The minimum absolute atomic E-state index is 0.0120. The van der Waals surface area contributed by atoms with E-state index in [1.54, 1.807) is 10.9 Å². The number of nitrogens with zero attached hydrogens (tertiary/aromatic N) is 3. The van der Waals surface area contributed by atoms with Crippen molar-refractivity contribution in [1.82, 2.24) is 20.3 Å². The van der Waals surface area contributed by atoms with Crippen molar-refractivity contribution in [1.29, 1.82) is 0 Å². The molecule has 10 heteroatoms. The molecule has 2 aromatic rings. The lowest BCUT2D eigenvalue weighted by molar-refractivity contribution is -0.123. The molecule has 0 fully saturated rings. The fourth-order valence-electron chi connectivity index (χ4n) is 1.77. The average molecular weight is 417 g/mol. The van der Waals surface area contributed by atoms with Crippen molar-refractivity contribution < 1.29 is 17.8 Å². The van der Waals surface area contributed by atoms with Crippen LogP contribution in [0.2, 0.25) is 0 Å². The Balaban J connectivity index is 1.97. The molecule has 130 valence electrons. The van der Waals surface area contributed by atoms with E-state index < -0.39 is 20.8 Å². The lowest BCUT2D eigenvalue weighted by Gasteiger charge is -2.19. The summed E-state index contributed by atoms with van der Waals surface area (Å²) in [5.74, 6) is -0.813. The van der Waals surface area contributed by atoms with Crippen LogP contribution >= 0.6 is 15.9 Å². The third kappa shape index (κ3) is 4.40. The number of amides is 1. The van der Waals surface area contributed by atoms with E-state index in [9.17, 15) is 13.2 Å². The summed E-state index contributed by atoms with van der Waals surface area (Å²) < 4.78 is 32.1.